The second-order valence-electron chi connectivity index (χ2n) is 3.28. The van der Waals surface area contributed by atoms with Gasteiger partial charge in [0.15, 0.2) is 0 Å². The minimum atomic E-state index is 0.832. The van der Waals surface area contributed by atoms with Crippen molar-refractivity contribution in [3.63, 3.8) is 0 Å². The molecule has 0 atom stereocenters. The standard InChI is InChI=1S/C12H7NS/c14-11-7-3-5-9-8-4-1-2-6-10(8)13-12(9)11/h1-7H. The van der Waals surface area contributed by atoms with Gasteiger partial charge in [0.1, 0.15) is 0 Å². The third kappa shape index (κ3) is 0.946. The van der Waals surface area contributed by atoms with Crippen LogP contribution in [0.5, 0.6) is 0 Å². The molecule has 1 nitrogen and oxygen atoms in total. The van der Waals surface area contributed by atoms with E-state index in [0.29, 0.717) is 0 Å². The normalized spacial score (nSPS) is 17.3. The predicted molar refractivity (Wildman–Crippen MR) is 63.3 cm³/mol. The smallest absolute Gasteiger partial charge is 0.0896 e. The SMILES string of the molecule is S=C1C=CC=C2C1=Nc1ccccc12. The van der Waals surface area contributed by atoms with Crippen molar-refractivity contribution in [1.29, 1.82) is 0 Å². The number of fused-ring (bicyclic) bond motifs is 3. The number of benzene rings is 1. The van der Waals surface area contributed by atoms with E-state index in [1.54, 1.807) is 0 Å². The molecule has 14 heavy (non-hydrogen) atoms. The molecule has 0 N–H and O–H groups in total. The Kier molecular flexibility index (Phi) is 1.52. The first-order valence-electron chi connectivity index (χ1n) is 4.47. The molecule has 2 heteroatoms. The van der Waals surface area contributed by atoms with Crippen LogP contribution in [0.25, 0.3) is 5.57 Å². The first kappa shape index (κ1) is 7.83. The molecule has 1 aromatic rings. The van der Waals surface area contributed by atoms with Crippen molar-refractivity contribution in [2.75, 3.05) is 0 Å². The van der Waals surface area contributed by atoms with Crippen LogP contribution in [0.1, 0.15) is 5.56 Å². The van der Waals surface area contributed by atoms with Crippen molar-refractivity contribution in [3.05, 3.63) is 48.1 Å². The molecule has 0 saturated carbocycles. The quantitative estimate of drug-likeness (QED) is 0.582. The van der Waals surface area contributed by atoms with Crippen LogP contribution in [-0.2, 0) is 0 Å². The molecule has 0 radical (unpaired) electrons. The van der Waals surface area contributed by atoms with E-state index in [1.807, 2.05) is 30.4 Å². The molecule has 0 aromatic heterocycles. The molecular weight excluding hydrogens is 190 g/mol. The maximum Gasteiger partial charge on any atom is 0.0896 e. The van der Waals surface area contributed by atoms with Crippen LogP contribution in [0.15, 0.2) is 47.5 Å². The summed E-state index contributed by atoms with van der Waals surface area (Å²) in [7, 11) is 0. The second kappa shape index (κ2) is 2.72. The molecule has 0 bridgehead atoms. The van der Waals surface area contributed by atoms with Gasteiger partial charge in [-0.1, -0.05) is 42.6 Å². The molecule has 0 fully saturated rings. The highest BCUT2D eigenvalue weighted by molar-refractivity contribution is 7.82. The van der Waals surface area contributed by atoms with Crippen molar-refractivity contribution in [1.82, 2.24) is 0 Å². The second-order valence-corrected chi connectivity index (χ2v) is 3.72. The maximum atomic E-state index is 5.23. The number of aliphatic imine (C=N–C) groups is 1. The first-order valence-corrected chi connectivity index (χ1v) is 4.88. The van der Waals surface area contributed by atoms with E-state index in [-0.39, 0.29) is 0 Å². The minimum absolute atomic E-state index is 0.832. The van der Waals surface area contributed by atoms with E-state index in [4.69, 9.17) is 12.2 Å². The van der Waals surface area contributed by atoms with Crippen LogP contribution in [0.4, 0.5) is 5.69 Å². The molecule has 1 aliphatic heterocycles. The van der Waals surface area contributed by atoms with E-state index in [0.717, 1.165) is 21.8 Å². The van der Waals surface area contributed by atoms with Crippen molar-refractivity contribution in [2.45, 2.75) is 0 Å². The van der Waals surface area contributed by atoms with Crippen LogP contribution in [0.2, 0.25) is 0 Å². The predicted octanol–water partition coefficient (Wildman–Crippen LogP) is 3.10. The lowest BCUT2D eigenvalue weighted by atomic mass is 9.97. The maximum absolute atomic E-state index is 5.23. The summed E-state index contributed by atoms with van der Waals surface area (Å²) < 4.78 is 0. The van der Waals surface area contributed by atoms with Crippen molar-refractivity contribution in [2.24, 2.45) is 4.99 Å². The van der Waals surface area contributed by atoms with E-state index < -0.39 is 0 Å². The summed E-state index contributed by atoms with van der Waals surface area (Å²) in [6.45, 7) is 0. The molecule has 1 heterocycles. The molecule has 1 aromatic carbocycles. The average molecular weight is 197 g/mol. The molecule has 66 valence electrons. The lowest BCUT2D eigenvalue weighted by Crippen LogP contribution is -2.10. The topological polar surface area (TPSA) is 12.4 Å². The highest BCUT2D eigenvalue weighted by Crippen LogP contribution is 2.36. The van der Waals surface area contributed by atoms with Gasteiger partial charge in [-0.05, 0) is 12.1 Å². The van der Waals surface area contributed by atoms with E-state index in [9.17, 15) is 0 Å². The van der Waals surface area contributed by atoms with Gasteiger partial charge in [-0.15, -0.1) is 0 Å². The molecule has 0 saturated heterocycles. The zero-order valence-electron chi connectivity index (χ0n) is 7.40. The van der Waals surface area contributed by atoms with Gasteiger partial charge in [-0.25, -0.2) is 4.99 Å². The van der Waals surface area contributed by atoms with Gasteiger partial charge in [0.05, 0.1) is 16.3 Å². The Morgan fingerprint density at radius 3 is 2.93 bits per heavy atom. The first-order chi connectivity index (χ1) is 6.86. The van der Waals surface area contributed by atoms with Gasteiger partial charge < -0.3 is 0 Å². The average Bonchev–Trinajstić information content (AvgIpc) is 2.59. The largest absolute Gasteiger partial charge is 0.246 e. The fraction of sp³-hybridized carbons (Fsp3) is 0. The molecular formula is C12H7NS. The summed E-state index contributed by atoms with van der Waals surface area (Å²) in [5.41, 5.74) is 4.32. The molecule has 0 unspecified atom stereocenters. The number of allylic oxidation sites excluding steroid dienone is 4. The Morgan fingerprint density at radius 1 is 1.14 bits per heavy atom. The number of rotatable bonds is 0. The van der Waals surface area contributed by atoms with Crippen molar-refractivity contribution >= 4 is 34.1 Å². The summed E-state index contributed by atoms with van der Waals surface area (Å²) in [5, 5.41) is 0. The third-order valence-corrected chi connectivity index (χ3v) is 2.75. The molecule has 0 amide bonds. The van der Waals surface area contributed by atoms with Gasteiger partial charge in [-0.2, -0.15) is 0 Å². The zero-order valence-corrected chi connectivity index (χ0v) is 8.21. The highest BCUT2D eigenvalue weighted by atomic mass is 32.1. The summed E-state index contributed by atoms with van der Waals surface area (Å²) >= 11 is 5.23. The van der Waals surface area contributed by atoms with Gasteiger partial charge in [0.25, 0.3) is 0 Å². The molecule has 0 spiro atoms. The lowest BCUT2D eigenvalue weighted by Gasteiger charge is -2.06. The number of hydrogen-bond acceptors (Lipinski definition) is 2. The van der Waals surface area contributed by atoms with Crippen LogP contribution in [0, 0.1) is 0 Å². The van der Waals surface area contributed by atoms with Gasteiger partial charge >= 0.3 is 0 Å². The summed E-state index contributed by atoms with van der Waals surface area (Å²) in [6, 6.07) is 8.13. The Labute approximate surface area is 87.5 Å². The summed E-state index contributed by atoms with van der Waals surface area (Å²) in [4.78, 5) is 5.34. The van der Waals surface area contributed by atoms with Gasteiger partial charge in [0, 0.05) is 11.1 Å². The fourth-order valence-corrected chi connectivity index (χ4v) is 2.01. The summed E-state index contributed by atoms with van der Waals surface area (Å²) in [5.74, 6) is 0. The van der Waals surface area contributed by atoms with Gasteiger partial charge in [-0.3, -0.25) is 0 Å². The Morgan fingerprint density at radius 2 is 2.00 bits per heavy atom. The lowest BCUT2D eigenvalue weighted by molar-refractivity contribution is 1.55. The number of thiocarbonyl (C=S) groups is 1. The van der Waals surface area contributed by atoms with E-state index in [2.05, 4.69) is 17.1 Å². The fourth-order valence-electron chi connectivity index (χ4n) is 1.77. The van der Waals surface area contributed by atoms with E-state index >= 15 is 0 Å². The van der Waals surface area contributed by atoms with Crippen molar-refractivity contribution in [3.8, 4) is 0 Å². The third-order valence-electron chi connectivity index (χ3n) is 2.43. The minimum Gasteiger partial charge on any atom is -0.246 e. The van der Waals surface area contributed by atoms with Crippen LogP contribution < -0.4 is 0 Å². The number of para-hydroxylation sites is 1. The molecule has 2 aliphatic rings. The van der Waals surface area contributed by atoms with Crippen LogP contribution in [-0.4, -0.2) is 10.6 Å². The van der Waals surface area contributed by atoms with Crippen LogP contribution in [0.3, 0.4) is 0 Å². The van der Waals surface area contributed by atoms with Crippen molar-refractivity contribution < 1.29 is 0 Å². The monoisotopic (exact) mass is 197 g/mol. The highest BCUT2D eigenvalue weighted by Gasteiger charge is 2.23. The zero-order chi connectivity index (χ0) is 9.54. The molecule has 3 rings (SSSR count). The van der Waals surface area contributed by atoms with Crippen LogP contribution >= 0.6 is 12.2 Å². The Bertz CT molecular complexity index is 521. The Hall–Kier alpha value is -1.54. The van der Waals surface area contributed by atoms with E-state index in [1.165, 1.54) is 5.56 Å². The number of hydrogen-bond donors (Lipinski definition) is 0. The van der Waals surface area contributed by atoms with Gasteiger partial charge in [0.2, 0.25) is 0 Å². The Balaban J connectivity index is 2.29. The molecule has 1 aliphatic carbocycles. The summed E-state index contributed by atoms with van der Waals surface area (Å²) in [6.07, 6.45) is 5.98. The number of nitrogens with zero attached hydrogens (tertiary/aromatic N) is 1.